The van der Waals surface area contributed by atoms with E-state index in [9.17, 15) is 0 Å². The summed E-state index contributed by atoms with van der Waals surface area (Å²) in [4.78, 5) is 4.20. The minimum absolute atomic E-state index is 0.0314. The maximum Gasteiger partial charge on any atom is 0.145 e. The molecular weight excluding hydrogens is 180 g/mol. The summed E-state index contributed by atoms with van der Waals surface area (Å²) < 4.78 is 10.6. The third-order valence-electron chi connectivity index (χ3n) is 2.14. The van der Waals surface area contributed by atoms with Gasteiger partial charge >= 0.3 is 0 Å². The van der Waals surface area contributed by atoms with E-state index < -0.39 is 0 Å². The molecule has 14 heavy (non-hydrogen) atoms. The Morgan fingerprint density at radius 2 is 2.36 bits per heavy atom. The fourth-order valence-electron chi connectivity index (χ4n) is 1.21. The van der Waals surface area contributed by atoms with Gasteiger partial charge in [0.05, 0.1) is 25.1 Å². The fourth-order valence-corrected chi connectivity index (χ4v) is 1.21. The van der Waals surface area contributed by atoms with Crippen molar-refractivity contribution in [3.63, 3.8) is 0 Å². The molecule has 0 amide bonds. The Labute approximate surface area is 83.0 Å². The molecule has 2 N–H and O–H groups in total. The van der Waals surface area contributed by atoms with Crippen molar-refractivity contribution in [2.24, 2.45) is 5.73 Å². The second-order valence-corrected chi connectivity index (χ2v) is 3.48. The highest BCUT2D eigenvalue weighted by Crippen LogP contribution is 2.16. The van der Waals surface area contributed by atoms with Gasteiger partial charge in [-0.1, -0.05) is 0 Å². The summed E-state index contributed by atoms with van der Waals surface area (Å²) in [5.74, 6) is 0.780. The summed E-state index contributed by atoms with van der Waals surface area (Å²) >= 11 is 0. The molecule has 1 fully saturated rings. The molecule has 0 radical (unpaired) electrons. The van der Waals surface area contributed by atoms with E-state index in [1.807, 2.05) is 19.1 Å². The van der Waals surface area contributed by atoms with Crippen LogP contribution in [0, 0.1) is 0 Å². The van der Waals surface area contributed by atoms with Crippen LogP contribution in [0.2, 0.25) is 0 Å². The van der Waals surface area contributed by atoms with Crippen LogP contribution in [0.15, 0.2) is 18.3 Å². The van der Waals surface area contributed by atoms with Crippen LogP contribution < -0.4 is 10.5 Å². The first-order valence-electron chi connectivity index (χ1n) is 4.71. The van der Waals surface area contributed by atoms with Crippen LogP contribution >= 0.6 is 0 Å². The van der Waals surface area contributed by atoms with Crippen molar-refractivity contribution < 1.29 is 9.47 Å². The van der Waals surface area contributed by atoms with E-state index in [2.05, 4.69) is 4.98 Å². The Balaban J connectivity index is 1.98. The lowest BCUT2D eigenvalue weighted by Gasteiger charge is -2.26. The molecule has 0 aliphatic carbocycles. The fraction of sp³-hybridized carbons (Fsp3) is 0.500. The van der Waals surface area contributed by atoms with Gasteiger partial charge in [0.25, 0.3) is 0 Å². The summed E-state index contributed by atoms with van der Waals surface area (Å²) in [5, 5.41) is 0. The molecule has 0 bridgehead atoms. The Kier molecular flexibility index (Phi) is 2.65. The van der Waals surface area contributed by atoms with E-state index in [1.54, 1.807) is 6.20 Å². The highest BCUT2D eigenvalue weighted by molar-refractivity contribution is 5.21. The highest BCUT2D eigenvalue weighted by atomic mass is 16.6. The van der Waals surface area contributed by atoms with Crippen molar-refractivity contribution in [1.82, 2.24) is 4.98 Å². The molecule has 76 valence electrons. The summed E-state index contributed by atoms with van der Waals surface area (Å²) in [6.45, 7) is 3.26. The molecule has 4 nitrogen and oxygen atoms in total. The number of nitrogens with two attached hydrogens (primary N) is 1. The van der Waals surface area contributed by atoms with E-state index >= 15 is 0 Å². The van der Waals surface area contributed by atoms with Crippen LogP contribution in [0.25, 0.3) is 0 Å². The Hall–Kier alpha value is -1.13. The average Bonchev–Trinajstić information content (AvgIpc) is 2.12. The number of ether oxygens (including phenoxy) is 2. The Bertz CT molecular complexity index is 293. The topological polar surface area (TPSA) is 57.4 Å². The molecule has 1 aliphatic heterocycles. The molecular formula is C10H14N2O2. The lowest BCUT2D eigenvalue weighted by Crippen LogP contribution is -2.38. The average molecular weight is 194 g/mol. The smallest absolute Gasteiger partial charge is 0.145 e. The van der Waals surface area contributed by atoms with Crippen LogP contribution in [0.4, 0.5) is 0 Å². The predicted octanol–water partition coefficient (Wildman–Crippen LogP) is 0.879. The molecule has 2 rings (SSSR count). The van der Waals surface area contributed by atoms with Crippen LogP contribution in [0.3, 0.4) is 0 Å². The Morgan fingerprint density at radius 1 is 1.57 bits per heavy atom. The molecule has 1 atom stereocenters. The van der Waals surface area contributed by atoms with Crippen molar-refractivity contribution in [2.45, 2.75) is 19.1 Å². The van der Waals surface area contributed by atoms with Crippen LogP contribution in [-0.2, 0) is 4.74 Å². The van der Waals surface area contributed by atoms with Crippen molar-refractivity contribution in [3.8, 4) is 5.75 Å². The van der Waals surface area contributed by atoms with Gasteiger partial charge in [-0.15, -0.1) is 0 Å². The van der Waals surface area contributed by atoms with Crippen molar-refractivity contribution >= 4 is 0 Å². The lowest BCUT2D eigenvalue weighted by molar-refractivity contribution is -0.0798. The highest BCUT2D eigenvalue weighted by Gasteiger charge is 2.19. The minimum Gasteiger partial charge on any atom is -0.484 e. The molecule has 1 unspecified atom stereocenters. The summed E-state index contributed by atoms with van der Waals surface area (Å²) in [6, 6.07) is 3.75. The van der Waals surface area contributed by atoms with E-state index in [0.717, 1.165) is 11.4 Å². The van der Waals surface area contributed by atoms with Gasteiger partial charge in [-0.25, -0.2) is 0 Å². The predicted molar refractivity (Wildman–Crippen MR) is 52.1 cm³/mol. The maximum absolute atomic E-state index is 5.68. The zero-order chi connectivity index (χ0) is 9.97. The number of hydrogen-bond donors (Lipinski definition) is 1. The second-order valence-electron chi connectivity index (χ2n) is 3.48. The molecule has 4 heteroatoms. The number of pyridine rings is 1. The molecule has 0 aromatic carbocycles. The van der Waals surface area contributed by atoms with Gasteiger partial charge in [-0.05, 0) is 19.1 Å². The van der Waals surface area contributed by atoms with Gasteiger partial charge < -0.3 is 15.2 Å². The van der Waals surface area contributed by atoms with Gasteiger partial charge in [-0.3, -0.25) is 4.98 Å². The van der Waals surface area contributed by atoms with Crippen molar-refractivity contribution in [1.29, 1.82) is 0 Å². The van der Waals surface area contributed by atoms with E-state index in [1.165, 1.54) is 0 Å². The molecule has 1 aromatic heterocycles. The normalized spacial score (nSPS) is 18.7. The standard InChI is InChI=1S/C10H14N2O2/c1-7(11)10-3-2-8(4-12-10)14-9-5-13-6-9/h2-4,7,9H,5-6,11H2,1H3. The largest absolute Gasteiger partial charge is 0.484 e. The van der Waals surface area contributed by atoms with Gasteiger partial charge in [0.15, 0.2) is 0 Å². The quantitative estimate of drug-likeness (QED) is 0.776. The molecule has 0 saturated carbocycles. The molecule has 1 saturated heterocycles. The number of nitrogens with zero attached hydrogens (tertiary/aromatic N) is 1. The summed E-state index contributed by atoms with van der Waals surface area (Å²) in [7, 11) is 0. The van der Waals surface area contributed by atoms with Crippen LogP contribution in [-0.4, -0.2) is 24.3 Å². The number of hydrogen-bond acceptors (Lipinski definition) is 4. The van der Waals surface area contributed by atoms with Crippen LogP contribution in [0.5, 0.6) is 5.75 Å². The van der Waals surface area contributed by atoms with Gasteiger partial charge in [0.2, 0.25) is 0 Å². The van der Waals surface area contributed by atoms with Gasteiger partial charge in [-0.2, -0.15) is 0 Å². The lowest BCUT2D eigenvalue weighted by atomic mass is 10.2. The molecule has 2 heterocycles. The third kappa shape index (κ3) is 2.02. The SMILES string of the molecule is CC(N)c1ccc(OC2COC2)cn1. The number of aromatic nitrogens is 1. The molecule has 1 aliphatic rings. The summed E-state index contributed by atoms with van der Waals surface area (Å²) in [5.41, 5.74) is 6.56. The van der Waals surface area contributed by atoms with Gasteiger partial charge in [0, 0.05) is 6.04 Å². The first-order valence-corrected chi connectivity index (χ1v) is 4.71. The van der Waals surface area contributed by atoms with E-state index in [4.69, 9.17) is 15.2 Å². The third-order valence-corrected chi connectivity index (χ3v) is 2.14. The zero-order valence-corrected chi connectivity index (χ0v) is 8.14. The van der Waals surface area contributed by atoms with E-state index in [0.29, 0.717) is 13.2 Å². The van der Waals surface area contributed by atoms with E-state index in [-0.39, 0.29) is 12.1 Å². The van der Waals surface area contributed by atoms with Crippen molar-refractivity contribution in [2.75, 3.05) is 13.2 Å². The number of rotatable bonds is 3. The monoisotopic (exact) mass is 194 g/mol. The van der Waals surface area contributed by atoms with Crippen LogP contribution in [0.1, 0.15) is 18.7 Å². The summed E-state index contributed by atoms with van der Waals surface area (Å²) in [6.07, 6.45) is 1.90. The van der Waals surface area contributed by atoms with Gasteiger partial charge in [0.1, 0.15) is 11.9 Å². The first-order chi connectivity index (χ1) is 6.75. The minimum atomic E-state index is -0.0314. The van der Waals surface area contributed by atoms with Crippen molar-refractivity contribution in [3.05, 3.63) is 24.0 Å². The second kappa shape index (κ2) is 3.94. The molecule has 0 spiro atoms. The Morgan fingerprint density at radius 3 is 2.79 bits per heavy atom. The maximum atomic E-state index is 5.68. The zero-order valence-electron chi connectivity index (χ0n) is 8.14. The molecule has 1 aromatic rings. The first kappa shape index (κ1) is 9.43.